The van der Waals surface area contributed by atoms with Gasteiger partial charge in [-0.25, -0.2) is 0 Å². The third-order valence-electron chi connectivity index (χ3n) is 2.26. The summed E-state index contributed by atoms with van der Waals surface area (Å²) in [6.07, 6.45) is 0. The van der Waals surface area contributed by atoms with E-state index in [1.54, 1.807) is 7.11 Å². The highest BCUT2D eigenvalue weighted by molar-refractivity contribution is 5.58. The first kappa shape index (κ1) is 10.6. The Labute approximate surface area is 92.7 Å². The number of aromatic nitrogens is 2. The number of nitrogens with zero attached hydrogens (tertiary/aromatic N) is 2. The molecule has 0 fully saturated rings. The molecule has 5 nitrogen and oxygen atoms in total. The van der Waals surface area contributed by atoms with Gasteiger partial charge in [-0.3, -0.25) is 0 Å². The van der Waals surface area contributed by atoms with Crippen LogP contribution in [-0.4, -0.2) is 22.4 Å². The molecular formula is C11H12N2O3. The lowest BCUT2D eigenvalue weighted by Gasteiger charge is -2.04. The van der Waals surface area contributed by atoms with Gasteiger partial charge in [0.2, 0.25) is 5.82 Å². The molecule has 0 radical (unpaired) electrons. The van der Waals surface area contributed by atoms with Crippen LogP contribution in [0.4, 0.5) is 0 Å². The number of ether oxygens (including phenoxy) is 1. The Bertz CT molecular complexity index is 494. The van der Waals surface area contributed by atoms with Crippen LogP contribution in [-0.2, 0) is 6.61 Å². The summed E-state index contributed by atoms with van der Waals surface area (Å²) >= 11 is 0. The van der Waals surface area contributed by atoms with Crippen molar-refractivity contribution in [3.05, 3.63) is 29.7 Å². The highest BCUT2D eigenvalue weighted by atomic mass is 16.5. The Morgan fingerprint density at radius 3 is 2.81 bits per heavy atom. The molecule has 2 rings (SSSR count). The molecule has 5 heteroatoms. The van der Waals surface area contributed by atoms with Crippen molar-refractivity contribution >= 4 is 0 Å². The van der Waals surface area contributed by atoms with Gasteiger partial charge in [-0.15, -0.1) is 0 Å². The van der Waals surface area contributed by atoms with Gasteiger partial charge in [0.05, 0.1) is 7.11 Å². The van der Waals surface area contributed by atoms with E-state index < -0.39 is 0 Å². The van der Waals surface area contributed by atoms with Crippen LogP contribution < -0.4 is 4.74 Å². The fraction of sp³-hybridized carbons (Fsp3) is 0.273. The van der Waals surface area contributed by atoms with Crippen LogP contribution in [0.15, 0.2) is 22.7 Å². The molecule has 1 aromatic carbocycles. The molecule has 0 unspecified atom stereocenters. The third-order valence-corrected chi connectivity index (χ3v) is 2.26. The fourth-order valence-electron chi connectivity index (χ4n) is 1.45. The minimum Gasteiger partial charge on any atom is -0.496 e. The van der Waals surface area contributed by atoms with Crippen molar-refractivity contribution in [2.24, 2.45) is 0 Å². The van der Waals surface area contributed by atoms with Crippen LogP contribution >= 0.6 is 0 Å². The summed E-state index contributed by atoms with van der Waals surface area (Å²) in [5.41, 5.74) is 1.83. The van der Waals surface area contributed by atoms with Crippen LogP contribution in [0.5, 0.6) is 5.75 Å². The van der Waals surface area contributed by atoms with Gasteiger partial charge in [0.15, 0.2) is 0 Å². The standard InChI is InChI=1S/C11H12N2O3/c1-7-5-8(3-4-9(7)15-2)11-12-10(6-14)16-13-11/h3-5,14H,6H2,1-2H3. The lowest BCUT2D eigenvalue weighted by Crippen LogP contribution is -1.89. The van der Waals surface area contributed by atoms with Crippen LogP contribution in [0.1, 0.15) is 11.5 Å². The summed E-state index contributed by atoms with van der Waals surface area (Å²) in [6.45, 7) is 1.69. The molecule has 0 aliphatic carbocycles. The topological polar surface area (TPSA) is 68.4 Å². The minimum absolute atomic E-state index is 0.212. The normalized spacial score (nSPS) is 10.4. The number of aliphatic hydroxyl groups is 1. The van der Waals surface area contributed by atoms with Crippen LogP contribution in [0, 0.1) is 6.92 Å². The third kappa shape index (κ3) is 1.90. The van der Waals surface area contributed by atoms with E-state index in [1.807, 2.05) is 25.1 Å². The van der Waals surface area contributed by atoms with Crippen molar-refractivity contribution in [2.75, 3.05) is 7.11 Å². The molecule has 2 aromatic rings. The number of aryl methyl sites for hydroxylation is 1. The molecule has 16 heavy (non-hydrogen) atoms. The number of rotatable bonds is 3. The molecule has 0 atom stereocenters. The van der Waals surface area contributed by atoms with Gasteiger partial charge in [0, 0.05) is 5.56 Å². The highest BCUT2D eigenvalue weighted by Crippen LogP contribution is 2.24. The Morgan fingerprint density at radius 1 is 1.44 bits per heavy atom. The average molecular weight is 220 g/mol. The lowest BCUT2D eigenvalue weighted by molar-refractivity contribution is 0.222. The Morgan fingerprint density at radius 2 is 2.25 bits per heavy atom. The van der Waals surface area contributed by atoms with Crippen molar-refractivity contribution in [3.63, 3.8) is 0 Å². The van der Waals surface area contributed by atoms with Gasteiger partial charge in [0.1, 0.15) is 12.4 Å². The average Bonchev–Trinajstić information content (AvgIpc) is 2.77. The van der Waals surface area contributed by atoms with Gasteiger partial charge in [-0.2, -0.15) is 4.98 Å². The number of hydrogen-bond acceptors (Lipinski definition) is 5. The number of aliphatic hydroxyl groups excluding tert-OH is 1. The van der Waals surface area contributed by atoms with Crippen LogP contribution in [0.2, 0.25) is 0 Å². The van der Waals surface area contributed by atoms with E-state index >= 15 is 0 Å². The molecule has 0 aliphatic heterocycles. The summed E-state index contributed by atoms with van der Waals surface area (Å²) in [5, 5.41) is 12.6. The molecular weight excluding hydrogens is 208 g/mol. The molecule has 0 spiro atoms. The smallest absolute Gasteiger partial charge is 0.252 e. The van der Waals surface area contributed by atoms with E-state index in [4.69, 9.17) is 14.4 Å². The molecule has 0 saturated heterocycles. The van der Waals surface area contributed by atoms with Crippen molar-refractivity contribution in [1.82, 2.24) is 10.1 Å². The predicted molar refractivity (Wildman–Crippen MR) is 56.9 cm³/mol. The van der Waals surface area contributed by atoms with E-state index in [2.05, 4.69) is 10.1 Å². The molecule has 84 valence electrons. The Kier molecular flexibility index (Phi) is 2.87. The zero-order valence-corrected chi connectivity index (χ0v) is 9.10. The second-order valence-electron chi connectivity index (χ2n) is 3.35. The number of hydrogen-bond donors (Lipinski definition) is 1. The second kappa shape index (κ2) is 4.32. The molecule has 0 saturated carbocycles. The Hall–Kier alpha value is -1.88. The van der Waals surface area contributed by atoms with Gasteiger partial charge in [0.25, 0.3) is 5.89 Å². The van der Waals surface area contributed by atoms with Crippen molar-refractivity contribution in [2.45, 2.75) is 13.5 Å². The predicted octanol–water partition coefficient (Wildman–Crippen LogP) is 1.55. The molecule has 1 heterocycles. The first-order chi connectivity index (χ1) is 7.74. The van der Waals surface area contributed by atoms with E-state index in [9.17, 15) is 0 Å². The van der Waals surface area contributed by atoms with Crippen molar-refractivity contribution in [3.8, 4) is 17.1 Å². The van der Waals surface area contributed by atoms with E-state index in [-0.39, 0.29) is 12.5 Å². The summed E-state index contributed by atoms with van der Waals surface area (Å²) in [4.78, 5) is 4.03. The minimum atomic E-state index is -0.248. The van der Waals surface area contributed by atoms with E-state index in [0.717, 1.165) is 16.9 Å². The number of benzene rings is 1. The molecule has 0 bridgehead atoms. The van der Waals surface area contributed by atoms with Gasteiger partial charge in [-0.05, 0) is 30.7 Å². The molecule has 0 amide bonds. The summed E-state index contributed by atoms with van der Waals surface area (Å²) in [7, 11) is 1.63. The largest absolute Gasteiger partial charge is 0.496 e. The first-order valence-electron chi connectivity index (χ1n) is 4.83. The summed E-state index contributed by atoms with van der Waals surface area (Å²) < 4.78 is 9.98. The maximum Gasteiger partial charge on any atom is 0.252 e. The van der Waals surface area contributed by atoms with Gasteiger partial charge >= 0.3 is 0 Å². The molecule has 1 N–H and O–H groups in total. The number of methoxy groups -OCH3 is 1. The Balaban J connectivity index is 2.37. The van der Waals surface area contributed by atoms with Gasteiger partial charge < -0.3 is 14.4 Å². The lowest BCUT2D eigenvalue weighted by atomic mass is 10.1. The first-order valence-corrected chi connectivity index (χ1v) is 4.83. The maximum absolute atomic E-state index is 8.82. The zero-order valence-electron chi connectivity index (χ0n) is 9.10. The quantitative estimate of drug-likeness (QED) is 0.849. The SMILES string of the molecule is COc1ccc(-c2noc(CO)n2)cc1C. The molecule has 0 aliphatic rings. The summed E-state index contributed by atoms with van der Waals surface area (Å²) in [5.74, 6) is 1.49. The van der Waals surface area contributed by atoms with Crippen molar-refractivity contribution < 1.29 is 14.4 Å². The van der Waals surface area contributed by atoms with E-state index in [1.165, 1.54) is 0 Å². The summed E-state index contributed by atoms with van der Waals surface area (Å²) in [6, 6.07) is 5.60. The van der Waals surface area contributed by atoms with Gasteiger partial charge in [-0.1, -0.05) is 5.16 Å². The monoisotopic (exact) mass is 220 g/mol. The van der Waals surface area contributed by atoms with Crippen molar-refractivity contribution in [1.29, 1.82) is 0 Å². The van der Waals surface area contributed by atoms with Crippen LogP contribution in [0.3, 0.4) is 0 Å². The molecule has 1 aromatic heterocycles. The fourth-order valence-corrected chi connectivity index (χ4v) is 1.45. The maximum atomic E-state index is 8.82. The van der Waals surface area contributed by atoms with E-state index in [0.29, 0.717) is 5.82 Å². The van der Waals surface area contributed by atoms with Crippen LogP contribution in [0.25, 0.3) is 11.4 Å². The second-order valence-corrected chi connectivity index (χ2v) is 3.35. The zero-order chi connectivity index (χ0) is 11.5. The highest BCUT2D eigenvalue weighted by Gasteiger charge is 2.09.